The van der Waals surface area contributed by atoms with Gasteiger partial charge in [-0.05, 0) is 24.8 Å². The predicted molar refractivity (Wildman–Crippen MR) is 115 cm³/mol. The van der Waals surface area contributed by atoms with Gasteiger partial charge in [-0.3, -0.25) is 0 Å². The summed E-state index contributed by atoms with van der Waals surface area (Å²) < 4.78 is 71.8. The van der Waals surface area contributed by atoms with E-state index >= 15 is 0 Å². The van der Waals surface area contributed by atoms with Gasteiger partial charge in [-0.15, -0.1) is 0 Å². The van der Waals surface area contributed by atoms with Gasteiger partial charge in [0.2, 0.25) is 0 Å². The second-order valence-electron chi connectivity index (χ2n) is 7.82. The molecule has 170 valence electrons. The molecule has 0 unspecified atom stereocenters. The number of nitrogens with zero attached hydrogens (tertiary/aromatic N) is 4. The number of halogens is 3. The van der Waals surface area contributed by atoms with Crippen molar-refractivity contribution in [3.8, 4) is 17.3 Å². The lowest BCUT2D eigenvalue weighted by atomic mass is 10.3. The van der Waals surface area contributed by atoms with Crippen molar-refractivity contribution >= 4 is 30.9 Å². The van der Waals surface area contributed by atoms with Crippen LogP contribution in [0, 0.1) is 0 Å². The monoisotopic (exact) mass is 476 g/mol. The Balaban J connectivity index is 2.17. The molecule has 0 saturated heterocycles. The van der Waals surface area contributed by atoms with Crippen molar-refractivity contribution in [2.24, 2.45) is 7.05 Å². The van der Waals surface area contributed by atoms with Crippen molar-refractivity contribution in [3.63, 3.8) is 0 Å². The second-order valence-corrected chi connectivity index (χ2v) is 14.5. The number of aromatic nitrogens is 4. The number of rotatable bonds is 6. The van der Waals surface area contributed by atoms with Gasteiger partial charge in [-0.2, -0.15) is 13.2 Å². The maximum atomic E-state index is 13.0. The van der Waals surface area contributed by atoms with Crippen LogP contribution in [0.3, 0.4) is 0 Å². The Morgan fingerprint density at radius 1 is 1.10 bits per heavy atom. The molecule has 3 rings (SSSR count). The molecule has 0 N–H and O–H groups in total. The summed E-state index contributed by atoms with van der Waals surface area (Å²) in [6, 6.07) is 2.22. The summed E-state index contributed by atoms with van der Waals surface area (Å²) in [7, 11) is -3.15. The summed E-state index contributed by atoms with van der Waals surface area (Å²) in [5, 5.41) is 0. The number of hydrogen-bond acceptors (Lipinski definition) is 6. The van der Waals surface area contributed by atoms with Crippen LogP contribution < -0.4 is 4.74 Å². The highest BCUT2D eigenvalue weighted by atomic mass is 32.3. The number of ether oxygens (including phenoxy) is 1. The Kier molecular flexibility index (Phi) is 6.00. The average molecular weight is 477 g/mol. The van der Waals surface area contributed by atoms with Gasteiger partial charge in [0.1, 0.15) is 28.0 Å². The van der Waals surface area contributed by atoms with Crippen LogP contribution >= 0.6 is 10.0 Å². The van der Waals surface area contributed by atoms with Gasteiger partial charge >= 0.3 is 6.18 Å². The Labute approximate surface area is 179 Å². The van der Waals surface area contributed by atoms with Crippen LogP contribution in [0.2, 0.25) is 0 Å². The SMILES string of the molecule is CCS(=O)(=O)c1cc(OCS(C)(C)C)cnc1-c1nc2cc(C(F)(F)F)ncc2n1C. The van der Waals surface area contributed by atoms with Crippen LogP contribution in [0.1, 0.15) is 12.6 Å². The number of hydrogen-bond donors (Lipinski definition) is 0. The molecule has 3 aromatic rings. The summed E-state index contributed by atoms with van der Waals surface area (Å²) in [5.41, 5.74) is -0.670. The molecule has 3 aromatic heterocycles. The molecule has 0 fully saturated rings. The standard InChI is InChI=1S/C19H23F3N4O3S2/c1-6-31(27,28)15-7-12(29-11-30(3,4)5)9-24-17(15)18-25-13-8-16(19(20,21)22)23-10-14(13)26(18)2/h7-10H,6,11H2,1-5H3. The van der Waals surface area contributed by atoms with Crippen molar-refractivity contribution in [2.75, 3.05) is 30.5 Å². The minimum atomic E-state index is -4.62. The molecule has 0 aliphatic rings. The van der Waals surface area contributed by atoms with Crippen LogP contribution in [0.15, 0.2) is 29.4 Å². The Morgan fingerprint density at radius 3 is 2.35 bits per heavy atom. The fourth-order valence-corrected chi connectivity index (χ4v) is 4.30. The van der Waals surface area contributed by atoms with Gasteiger partial charge in [0, 0.05) is 13.1 Å². The minimum absolute atomic E-state index is 0.0399. The number of pyridine rings is 2. The van der Waals surface area contributed by atoms with Gasteiger partial charge in [-0.25, -0.2) is 33.4 Å². The van der Waals surface area contributed by atoms with Gasteiger partial charge in [0.15, 0.2) is 15.7 Å². The highest BCUT2D eigenvalue weighted by Gasteiger charge is 2.33. The van der Waals surface area contributed by atoms with Crippen molar-refractivity contribution in [1.82, 2.24) is 19.5 Å². The number of imidazole rings is 1. The highest BCUT2D eigenvalue weighted by molar-refractivity contribution is 8.32. The first kappa shape index (κ1) is 23.3. The molecule has 0 radical (unpaired) electrons. The van der Waals surface area contributed by atoms with E-state index in [1.807, 2.05) is 0 Å². The quantitative estimate of drug-likeness (QED) is 0.537. The van der Waals surface area contributed by atoms with Gasteiger partial charge < -0.3 is 9.30 Å². The van der Waals surface area contributed by atoms with Crippen LogP contribution in [-0.2, 0) is 23.1 Å². The zero-order valence-corrected chi connectivity index (χ0v) is 19.3. The average Bonchev–Trinajstić information content (AvgIpc) is 3.01. The Morgan fingerprint density at radius 2 is 1.77 bits per heavy atom. The molecule has 3 heterocycles. The van der Waals surface area contributed by atoms with Crippen LogP contribution in [0.25, 0.3) is 22.6 Å². The maximum Gasteiger partial charge on any atom is 0.433 e. The van der Waals surface area contributed by atoms with Crippen LogP contribution in [0.4, 0.5) is 13.2 Å². The van der Waals surface area contributed by atoms with E-state index in [1.165, 1.54) is 23.8 Å². The summed E-state index contributed by atoms with van der Waals surface area (Å²) >= 11 is 0. The molecular weight excluding hydrogens is 453 g/mol. The molecule has 0 atom stereocenters. The van der Waals surface area contributed by atoms with Crippen molar-refractivity contribution in [2.45, 2.75) is 18.0 Å². The van der Waals surface area contributed by atoms with Crippen LogP contribution in [0.5, 0.6) is 5.75 Å². The van der Waals surface area contributed by atoms with Crippen molar-refractivity contribution in [3.05, 3.63) is 30.2 Å². The molecular formula is C19H23F3N4O3S2. The molecule has 0 aromatic carbocycles. The normalized spacial score (nSPS) is 13.5. The maximum absolute atomic E-state index is 13.0. The lowest BCUT2D eigenvalue weighted by Crippen LogP contribution is -2.11. The molecule has 31 heavy (non-hydrogen) atoms. The number of sulfone groups is 1. The third-order valence-corrected chi connectivity index (χ3v) is 6.96. The number of fused-ring (bicyclic) bond motifs is 1. The lowest BCUT2D eigenvalue weighted by Gasteiger charge is -2.25. The summed E-state index contributed by atoms with van der Waals surface area (Å²) in [4.78, 5) is 11.9. The molecule has 12 heteroatoms. The van der Waals surface area contributed by atoms with Crippen molar-refractivity contribution in [1.29, 1.82) is 0 Å². The first-order chi connectivity index (χ1) is 14.2. The molecule has 7 nitrogen and oxygen atoms in total. The van der Waals surface area contributed by atoms with E-state index in [2.05, 4.69) is 33.7 Å². The molecule has 0 spiro atoms. The van der Waals surface area contributed by atoms with E-state index in [9.17, 15) is 21.6 Å². The molecule has 0 aliphatic carbocycles. The summed E-state index contributed by atoms with van der Waals surface area (Å²) in [6.45, 7) is 1.50. The van der Waals surface area contributed by atoms with Crippen LogP contribution in [-0.4, -0.2) is 58.4 Å². The summed E-state index contributed by atoms with van der Waals surface area (Å²) in [5.74, 6) is 0.672. The van der Waals surface area contributed by atoms with Crippen molar-refractivity contribution < 1.29 is 26.3 Å². The second kappa shape index (κ2) is 7.97. The van der Waals surface area contributed by atoms with E-state index < -0.39 is 31.7 Å². The smallest absolute Gasteiger partial charge is 0.433 e. The van der Waals surface area contributed by atoms with E-state index in [0.29, 0.717) is 17.2 Å². The van der Waals surface area contributed by atoms with E-state index in [1.54, 1.807) is 7.05 Å². The van der Waals surface area contributed by atoms with E-state index in [0.717, 1.165) is 12.3 Å². The topological polar surface area (TPSA) is 87.0 Å². The Hall–Kier alpha value is -2.34. The predicted octanol–water partition coefficient (Wildman–Crippen LogP) is 3.87. The van der Waals surface area contributed by atoms with Gasteiger partial charge in [0.25, 0.3) is 0 Å². The fourth-order valence-electron chi connectivity index (χ4n) is 2.77. The third-order valence-electron chi connectivity index (χ3n) is 4.39. The highest BCUT2D eigenvalue weighted by Crippen LogP contribution is 2.36. The third kappa shape index (κ3) is 4.95. The first-order valence-electron chi connectivity index (χ1n) is 9.14. The largest absolute Gasteiger partial charge is 0.483 e. The minimum Gasteiger partial charge on any atom is -0.483 e. The molecule has 0 saturated carbocycles. The first-order valence-corrected chi connectivity index (χ1v) is 13.8. The fraction of sp³-hybridized carbons (Fsp3) is 0.421. The van der Waals surface area contributed by atoms with E-state index in [-0.39, 0.29) is 27.7 Å². The zero-order chi connectivity index (χ0) is 23.2. The van der Waals surface area contributed by atoms with E-state index in [4.69, 9.17) is 4.74 Å². The van der Waals surface area contributed by atoms with Gasteiger partial charge in [0.05, 0.1) is 29.2 Å². The molecule has 0 amide bonds. The molecule has 0 bridgehead atoms. The lowest BCUT2D eigenvalue weighted by molar-refractivity contribution is -0.141. The number of alkyl halides is 3. The Bertz CT molecular complexity index is 1230. The molecule has 0 aliphatic heterocycles. The summed E-state index contributed by atoms with van der Waals surface area (Å²) in [6.07, 6.45) is 4.01. The number of aryl methyl sites for hydroxylation is 1. The zero-order valence-electron chi connectivity index (χ0n) is 17.7. The van der Waals surface area contributed by atoms with Gasteiger partial charge in [-0.1, -0.05) is 6.92 Å².